The fourth-order valence-corrected chi connectivity index (χ4v) is 5.30. The van der Waals surface area contributed by atoms with Gasteiger partial charge >= 0.3 is 0 Å². The summed E-state index contributed by atoms with van der Waals surface area (Å²) in [5, 5.41) is 0.200. The lowest BCUT2D eigenvalue weighted by atomic mass is 10.1. The van der Waals surface area contributed by atoms with Crippen LogP contribution in [0.2, 0.25) is 5.02 Å². The first-order chi connectivity index (χ1) is 19.4. The Hall–Kier alpha value is -4.18. The molecule has 11 heteroatoms. The zero-order valence-corrected chi connectivity index (χ0v) is 23.1. The summed E-state index contributed by atoms with van der Waals surface area (Å²) >= 11 is 6.75. The molecule has 2 aromatic heterocycles. The van der Waals surface area contributed by atoms with Gasteiger partial charge in [-0.1, -0.05) is 30.3 Å². The average molecular weight is 562 g/mol. The molecule has 1 aliphatic heterocycles. The molecule has 40 heavy (non-hydrogen) atoms. The topological polar surface area (TPSA) is 94.9 Å². The lowest BCUT2D eigenvalue weighted by Gasteiger charge is -2.41. The van der Waals surface area contributed by atoms with Crippen LogP contribution in [0.4, 0.5) is 16.0 Å². The third-order valence-electron chi connectivity index (χ3n) is 7.16. The number of aliphatic imine (C=N–C) groups is 1. The summed E-state index contributed by atoms with van der Waals surface area (Å²) in [5.41, 5.74) is 1.56. The highest BCUT2D eigenvalue weighted by molar-refractivity contribution is 6.33. The van der Waals surface area contributed by atoms with Gasteiger partial charge in [0.15, 0.2) is 11.6 Å². The number of rotatable bonds is 7. The zero-order chi connectivity index (χ0) is 28.4. The molecule has 3 aromatic rings. The van der Waals surface area contributed by atoms with E-state index in [-0.39, 0.29) is 40.0 Å². The predicted octanol–water partition coefficient (Wildman–Crippen LogP) is 4.60. The molecule has 1 atom stereocenters. The molecule has 9 nitrogen and oxygen atoms in total. The van der Waals surface area contributed by atoms with E-state index in [0.29, 0.717) is 49.0 Å². The van der Waals surface area contributed by atoms with Gasteiger partial charge in [0.05, 0.1) is 22.0 Å². The van der Waals surface area contributed by atoms with Crippen LogP contribution < -0.4 is 4.90 Å². The molecule has 1 aromatic carbocycles. The number of benzene rings is 1. The maximum Gasteiger partial charge on any atom is 0.246 e. The number of halogens is 2. The van der Waals surface area contributed by atoms with E-state index in [1.165, 1.54) is 23.2 Å². The number of carbonyl (C=O) groups excluding carboxylic acids is 2. The number of amidine groups is 1. The Kier molecular flexibility index (Phi) is 7.88. The molecule has 2 fully saturated rings. The van der Waals surface area contributed by atoms with Crippen LogP contribution in [0.3, 0.4) is 0 Å². The summed E-state index contributed by atoms with van der Waals surface area (Å²) in [6, 6.07) is 7.74. The molecule has 3 heterocycles. The van der Waals surface area contributed by atoms with Gasteiger partial charge in [0, 0.05) is 56.6 Å². The fraction of sp³-hybridized carbons (Fsp3) is 0.310. The van der Waals surface area contributed by atoms with E-state index in [1.54, 1.807) is 42.4 Å². The summed E-state index contributed by atoms with van der Waals surface area (Å²) in [7, 11) is 1.65. The highest BCUT2D eigenvalue weighted by atomic mass is 35.5. The summed E-state index contributed by atoms with van der Waals surface area (Å²) in [5.74, 6) is 0.669. The summed E-state index contributed by atoms with van der Waals surface area (Å²) in [4.78, 5) is 48.5. The molecule has 1 unspecified atom stereocenters. The molecular weight excluding hydrogens is 533 g/mol. The van der Waals surface area contributed by atoms with E-state index in [0.717, 1.165) is 12.8 Å². The standard InChI is InChI=1S/C29H29ClFN7O2/c1-4-24(40)36-13-14-37(18(2)16-36)27(32-3)21-15-22(30)26(20-7-5-6-8-23(20)31)35-28(21)38(17-39)29-25(19-9-10-19)33-11-12-34-29/h4-8,11-12,15,17-19H,1,9-10,13-14,16H2,2-3H3/b32-27+. The second kappa shape index (κ2) is 11.5. The Balaban J connectivity index is 1.66. The van der Waals surface area contributed by atoms with Crippen molar-refractivity contribution in [1.29, 1.82) is 0 Å². The van der Waals surface area contributed by atoms with Crippen molar-refractivity contribution in [1.82, 2.24) is 24.8 Å². The number of carbonyl (C=O) groups is 2. The molecule has 0 spiro atoms. The van der Waals surface area contributed by atoms with Crippen molar-refractivity contribution < 1.29 is 14.0 Å². The van der Waals surface area contributed by atoms with E-state index in [1.807, 2.05) is 11.8 Å². The van der Waals surface area contributed by atoms with Crippen molar-refractivity contribution in [3.8, 4) is 11.3 Å². The molecule has 2 aliphatic rings. The Morgan fingerprint density at radius 1 is 1.20 bits per heavy atom. The number of hydrogen-bond donors (Lipinski definition) is 0. The largest absolute Gasteiger partial charge is 0.350 e. The van der Waals surface area contributed by atoms with Crippen LogP contribution in [0.25, 0.3) is 11.3 Å². The maximum absolute atomic E-state index is 14.9. The van der Waals surface area contributed by atoms with Crippen LogP contribution in [-0.2, 0) is 9.59 Å². The number of amides is 2. The minimum absolute atomic E-state index is 0.113. The van der Waals surface area contributed by atoms with Crippen molar-refractivity contribution in [2.24, 2.45) is 4.99 Å². The number of aromatic nitrogens is 3. The quantitative estimate of drug-likeness (QED) is 0.181. The first-order valence-corrected chi connectivity index (χ1v) is 13.4. The predicted molar refractivity (Wildman–Crippen MR) is 152 cm³/mol. The molecule has 1 saturated carbocycles. The molecule has 1 aliphatic carbocycles. The lowest BCUT2D eigenvalue weighted by molar-refractivity contribution is -0.128. The van der Waals surface area contributed by atoms with Crippen LogP contribution >= 0.6 is 11.6 Å². The van der Waals surface area contributed by atoms with Crippen LogP contribution in [0.1, 0.15) is 36.9 Å². The number of piperazine rings is 1. The van der Waals surface area contributed by atoms with Gasteiger partial charge in [0.1, 0.15) is 11.7 Å². The number of nitrogens with zero attached hydrogens (tertiary/aromatic N) is 7. The summed E-state index contributed by atoms with van der Waals surface area (Å²) in [6.07, 6.45) is 6.97. The molecule has 2 amide bonds. The molecule has 206 valence electrons. The van der Waals surface area contributed by atoms with E-state index in [4.69, 9.17) is 16.6 Å². The summed E-state index contributed by atoms with van der Waals surface area (Å²) in [6.45, 7) is 6.99. The Morgan fingerprint density at radius 2 is 1.95 bits per heavy atom. The van der Waals surface area contributed by atoms with Gasteiger partial charge in [-0.15, -0.1) is 0 Å². The minimum Gasteiger partial charge on any atom is -0.350 e. The van der Waals surface area contributed by atoms with Crippen LogP contribution in [-0.4, -0.2) is 75.6 Å². The van der Waals surface area contributed by atoms with Crippen molar-refractivity contribution in [2.45, 2.75) is 31.7 Å². The lowest BCUT2D eigenvalue weighted by Crippen LogP contribution is -2.55. The van der Waals surface area contributed by atoms with E-state index in [9.17, 15) is 14.0 Å². The van der Waals surface area contributed by atoms with E-state index >= 15 is 0 Å². The molecule has 1 saturated heterocycles. The molecule has 0 bridgehead atoms. The van der Waals surface area contributed by atoms with Crippen LogP contribution in [0.5, 0.6) is 0 Å². The number of anilines is 2. The smallest absolute Gasteiger partial charge is 0.246 e. The van der Waals surface area contributed by atoms with Crippen LogP contribution in [0.15, 0.2) is 60.4 Å². The van der Waals surface area contributed by atoms with Crippen molar-refractivity contribution in [3.05, 3.63) is 77.5 Å². The number of hydrogen-bond acceptors (Lipinski definition) is 6. The van der Waals surface area contributed by atoms with Crippen molar-refractivity contribution in [3.63, 3.8) is 0 Å². The van der Waals surface area contributed by atoms with E-state index in [2.05, 4.69) is 21.5 Å². The normalized spacial score (nSPS) is 17.5. The van der Waals surface area contributed by atoms with Gasteiger partial charge in [-0.05, 0) is 44.0 Å². The monoisotopic (exact) mass is 561 g/mol. The Bertz CT molecular complexity index is 1490. The van der Waals surface area contributed by atoms with Gasteiger partial charge in [-0.25, -0.2) is 19.3 Å². The Morgan fingerprint density at radius 3 is 2.60 bits per heavy atom. The minimum atomic E-state index is -0.493. The van der Waals surface area contributed by atoms with Gasteiger partial charge in [0.2, 0.25) is 12.3 Å². The SMILES string of the molecule is C=CC(=O)N1CCN(/C(=N/C)c2cc(Cl)c(-c3ccccc3F)nc2N(C=O)c2nccnc2C2CC2)C(C)C1. The first kappa shape index (κ1) is 27.4. The molecular formula is C29H29ClFN7O2. The highest BCUT2D eigenvalue weighted by Crippen LogP contribution is 2.44. The Labute approximate surface area is 237 Å². The second-order valence-corrected chi connectivity index (χ2v) is 10.2. The number of pyridine rings is 1. The highest BCUT2D eigenvalue weighted by Gasteiger charge is 2.34. The second-order valence-electron chi connectivity index (χ2n) is 9.76. The summed E-state index contributed by atoms with van der Waals surface area (Å²) < 4.78 is 14.9. The van der Waals surface area contributed by atoms with E-state index < -0.39 is 5.82 Å². The van der Waals surface area contributed by atoms with Crippen molar-refractivity contribution >= 4 is 41.4 Å². The zero-order valence-electron chi connectivity index (χ0n) is 22.3. The third kappa shape index (κ3) is 5.19. The molecule has 0 radical (unpaired) electrons. The first-order valence-electron chi connectivity index (χ1n) is 13.0. The van der Waals surface area contributed by atoms with Crippen LogP contribution in [0, 0.1) is 5.82 Å². The maximum atomic E-state index is 14.9. The fourth-order valence-electron chi connectivity index (χ4n) is 5.05. The average Bonchev–Trinajstić information content (AvgIpc) is 3.81. The molecule has 5 rings (SSSR count). The van der Waals surface area contributed by atoms with Gasteiger partial charge in [-0.3, -0.25) is 19.6 Å². The van der Waals surface area contributed by atoms with Gasteiger partial charge in [-0.2, -0.15) is 0 Å². The van der Waals surface area contributed by atoms with Gasteiger partial charge in [0.25, 0.3) is 0 Å². The molecule has 0 N–H and O–H groups in total. The third-order valence-corrected chi connectivity index (χ3v) is 7.44. The van der Waals surface area contributed by atoms with Crippen molar-refractivity contribution in [2.75, 3.05) is 31.6 Å². The van der Waals surface area contributed by atoms with Gasteiger partial charge < -0.3 is 9.80 Å².